The summed E-state index contributed by atoms with van der Waals surface area (Å²) in [6.45, 7) is 1.15. The van der Waals surface area contributed by atoms with E-state index >= 15 is 0 Å². The average molecular weight is 400 g/mol. The van der Waals surface area contributed by atoms with E-state index in [2.05, 4.69) is 4.74 Å². The van der Waals surface area contributed by atoms with Crippen molar-refractivity contribution >= 4 is 17.8 Å². The van der Waals surface area contributed by atoms with E-state index in [1.54, 1.807) is 17.0 Å². The topological polar surface area (TPSA) is 128 Å². The van der Waals surface area contributed by atoms with Gasteiger partial charge in [0, 0.05) is 37.3 Å². The summed E-state index contributed by atoms with van der Waals surface area (Å²) in [5.41, 5.74) is 0.807. The number of piperazine rings is 1. The predicted octanol–water partition coefficient (Wildman–Crippen LogP) is 1.19. The Morgan fingerprint density at radius 3 is 1.62 bits per heavy atom. The van der Waals surface area contributed by atoms with Crippen molar-refractivity contribution in [3.8, 4) is 17.2 Å². The number of nitrogens with zero attached hydrogens (tertiary/aromatic N) is 2. The van der Waals surface area contributed by atoms with Gasteiger partial charge >= 0.3 is 5.97 Å². The first-order valence-corrected chi connectivity index (χ1v) is 8.83. The van der Waals surface area contributed by atoms with Crippen LogP contribution in [-0.2, 0) is 4.74 Å². The molecular weight excluding hydrogens is 380 g/mol. The minimum atomic E-state index is -0.685. The minimum Gasteiger partial charge on any atom is -0.504 e. The zero-order valence-electron chi connectivity index (χ0n) is 15.7. The van der Waals surface area contributed by atoms with E-state index in [1.807, 2.05) is 0 Å². The number of benzene rings is 2. The smallest absolute Gasteiger partial charge is 0.337 e. The largest absolute Gasteiger partial charge is 0.504 e. The van der Waals surface area contributed by atoms with Crippen LogP contribution >= 0.6 is 0 Å². The Bertz CT molecular complexity index is 925. The molecule has 0 atom stereocenters. The molecule has 0 unspecified atom stereocenters. The molecule has 2 aromatic carbocycles. The molecule has 0 saturated carbocycles. The number of hydrogen-bond donors (Lipinski definition) is 3. The molecule has 9 nitrogen and oxygen atoms in total. The van der Waals surface area contributed by atoms with Gasteiger partial charge in [0.25, 0.3) is 11.8 Å². The molecule has 1 aliphatic heterocycles. The van der Waals surface area contributed by atoms with Crippen LogP contribution in [0.3, 0.4) is 0 Å². The number of methoxy groups -OCH3 is 1. The van der Waals surface area contributed by atoms with E-state index in [1.165, 1.54) is 24.1 Å². The van der Waals surface area contributed by atoms with Crippen molar-refractivity contribution in [3.05, 3.63) is 53.1 Å². The van der Waals surface area contributed by atoms with Gasteiger partial charge in [0.05, 0.1) is 12.7 Å². The third-order valence-corrected chi connectivity index (χ3v) is 4.72. The molecule has 0 spiro atoms. The van der Waals surface area contributed by atoms with E-state index in [0.29, 0.717) is 24.2 Å². The molecule has 0 aromatic heterocycles. The van der Waals surface area contributed by atoms with Gasteiger partial charge in [0.1, 0.15) is 0 Å². The number of hydrogen-bond acceptors (Lipinski definition) is 7. The second-order valence-corrected chi connectivity index (χ2v) is 6.52. The van der Waals surface area contributed by atoms with Crippen LogP contribution in [0.25, 0.3) is 0 Å². The van der Waals surface area contributed by atoms with Crippen LogP contribution in [0, 0.1) is 0 Å². The van der Waals surface area contributed by atoms with Crippen molar-refractivity contribution in [2.45, 2.75) is 0 Å². The summed E-state index contributed by atoms with van der Waals surface area (Å²) >= 11 is 0. The highest BCUT2D eigenvalue weighted by Crippen LogP contribution is 2.35. The summed E-state index contributed by atoms with van der Waals surface area (Å²) < 4.78 is 4.63. The first-order valence-electron chi connectivity index (χ1n) is 8.83. The van der Waals surface area contributed by atoms with Crippen LogP contribution in [0.5, 0.6) is 17.2 Å². The van der Waals surface area contributed by atoms with Gasteiger partial charge in [-0.3, -0.25) is 9.59 Å². The summed E-state index contributed by atoms with van der Waals surface area (Å²) in [4.78, 5) is 39.8. The minimum absolute atomic E-state index is 0.0379. The first-order chi connectivity index (χ1) is 13.8. The van der Waals surface area contributed by atoms with E-state index in [9.17, 15) is 29.7 Å². The lowest BCUT2D eigenvalue weighted by molar-refractivity contribution is 0.0535. The predicted molar refractivity (Wildman–Crippen MR) is 101 cm³/mol. The van der Waals surface area contributed by atoms with Crippen molar-refractivity contribution in [1.82, 2.24) is 9.80 Å². The summed E-state index contributed by atoms with van der Waals surface area (Å²) in [5.74, 6) is -2.98. The van der Waals surface area contributed by atoms with Gasteiger partial charge in [-0.05, 0) is 36.4 Å². The maximum Gasteiger partial charge on any atom is 0.337 e. The molecule has 1 aliphatic rings. The number of esters is 1. The Morgan fingerprint density at radius 1 is 0.759 bits per heavy atom. The Labute approximate surface area is 166 Å². The zero-order chi connectivity index (χ0) is 21.1. The maximum atomic E-state index is 12.6. The first kappa shape index (κ1) is 20.0. The Kier molecular flexibility index (Phi) is 5.58. The van der Waals surface area contributed by atoms with Crippen LogP contribution < -0.4 is 0 Å². The third-order valence-electron chi connectivity index (χ3n) is 4.72. The second kappa shape index (κ2) is 8.09. The number of phenols is 3. The van der Waals surface area contributed by atoms with E-state index in [-0.39, 0.29) is 24.6 Å². The van der Waals surface area contributed by atoms with Crippen molar-refractivity contribution in [1.29, 1.82) is 0 Å². The number of aromatic hydroxyl groups is 3. The van der Waals surface area contributed by atoms with Crippen molar-refractivity contribution < 1.29 is 34.4 Å². The third kappa shape index (κ3) is 4.08. The van der Waals surface area contributed by atoms with E-state index in [0.717, 1.165) is 12.1 Å². The fourth-order valence-electron chi connectivity index (χ4n) is 3.07. The van der Waals surface area contributed by atoms with Crippen LogP contribution in [0.15, 0.2) is 36.4 Å². The fourth-order valence-corrected chi connectivity index (χ4v) is 3.07. The zero-order valence-corrected chi connectivity index (χ0v) is 15.7. The maximum absolute atomic E-state index is 12.6. The Hall–Kier alpha value is -3.75. The highest BCUT2D eigenvalue weighted by molar-refractivity contribution is 5.97. The van der Waals surface area contributed by atoms with Crippen molar-refractivity contribution in [3.63, 3.8) is 0 Å². The normalized spacial score (nSPS) is 13.8. The molecular formula is C20H20N2O7. The summed E-state index contributed by atoms with van der Waals surface area (Å²) in [6.07, 6.45) is 0. The molecule has 0 bridgehead atoms. The Balaban J connectivity index is 1.63. The summed E-state index contributed by atoms with van der Waals surface area (Å²) in [7, 11) is 1.28. The van der Waals surface area contributed by atoms with Gasteiger partial charge in [-0.25, -0.2) is 4.79 Å². The van der Waals surface area contributed by atoms with Gasteiger partial charge < -0.3 is 29.9 Å². The van der Waals surface area contributed by atoms with Crippen LogP contribution in [-0.4, -0.2) is 76.2 Å². The summed E-state index contributed by atoms with van der Waals surface area (Å²) in [5, 5.41) is 28.5. The summed E-state index contributed by atoms with van der Waals surface area (Å²) in [6, 6.07) is 8.29. The number of phenolic OH excluding ortho intramolecular Hbond substituents is 3. The van der Waals surface area contributed by atoms with Gasteiger partial charge in [0.2, 0.25) is 0 Å². The molecule has 3 rings (SSSR count). The van der Waals surface area contributed by atoms with Crippen molar-refractivity contribution in [2.75, 3.05) is 33.3 Å². The highest BCUT2D eigenvalue weighted by Gasteiger charge is 2.26. The molecule has 9 heteroatoms. The molecule has 2 aromatic rings. The SMILES string of the molecule is COC(=O)c1ccc(C(=O)N2CCN(C(=O)c3cc(O)c(O)c(O)c3)CC2)cc1. The Morgan fingerprint density at radius 2 is 1.17 bits per heavy atom. The quantitative estimate of drug-likeness (QED) is 0.522. The van der Waals surface area contributed by atoms with Gasteiger partial charge in [-0.1, -0.05) is 0 Å². The molecule has 0 aliphatic carbocycles. The molecule has 3 N–H and O–H groups in total. The van der Waals surface area contributed by atoms with Crippen LogP contribution in [0.4, 0.5) is 0 Å². The number of amides is 2. The lowest BCUT2D eigenvalue weighted by Gasteiger charge is -2.35. The molecule has 29 heavy (non-hydrogen) atoms. The fraction of sp³-hybridized carbons (Fsp3) is 0.250. The standard InChI is InChI=1S/C20H20N2O7/c1-29-20(28)13-4-2-12(3-5-13)18(26)21-6-8-22(9-7-21)19(27)14-10-15(23)17(25)16(24)11-14/h2-5,10-11,23-25H,6-9H2,1H3. The average Bonchev–Trinajstić information content (AvgIpc) is 2.75. The van der Waals surface area contributed by atoms with Crippen molar-refractivity contribution in [2.24, 2.45) is 0 Å². The van der Waals surface area contributed by atoms with Crippen LogP contribution in [0.1, 0.15) is 31.1 Å². The number of carbonyl (C=O) groups excluding carboxylic acids is 3. The van der Waals surface area contributed by atoms with E-state index in [4.69, 9.17) is 0 Å². The van der Waals surface area contributed by atoms with E-state index < -0.39 is 29.1 Å². The highest BCUT2D eigenvalue weighted by atomic mass is 16.5. The second-order valence-electron chi connectivity index (χ2n) is 6.52. The molecule has 0 radical (unpaired) electrons. The number of rotatable bonds is 3. The monoisotopic (exact) mass is 400 g/mol. The lowest BCUT2D eigenvalue weighted by Crippen LogP contribution is -2.50. The lowest BCUT2D eigenvalue weighted by atomic mass is 10.1. The molecule has 2 amide bonds. The van der Waals surface area contributed by atoms with Gasteiger partial charge in [-0.15, -0.1) is 0 Å². The number of carbonyl (C=O) groups is 3. The molecule has 1 heterocycles. The molecule has 1 saturated heterocycles. The van der Waals surface area contributed by atoms with Crippen LogP contribution in [0.2, 0.25) is 0 Å². The van der Waals surface area contributed by atoms with Gasteiger partial charge in [0.15, 0.2) is 17.2 Å². The van der Waals surface area contributed by atoms with Gasteiger partial charge in [-0.2, -0.15) is 0 Å². The molecule has 152 valence electrons. The number of ether oxygens (including phenoxy) is 1. The molecule has 1 fully saturated rings.